The molecule has 136 valence electrons. The highest BCUT2D eigenvalue weighted by molar-refractivity contribution is 5.95. The molecule has 1 aliphatic rings. The van der Waals surface area contributed by atoms with Gasteiger partial charge in [0, 0.05) is 30.3 Å². The number of carboxylic acid groups (broad SMARTS) is 1. The topological polar surface area (TPSA) is 88.3 Å². The van der Waals surface area contributed by atoms with Crippen LogP contribution in [0, 0.1) is 0 Å². The highest BCUT2D eigenvalue weighted by Crippen LogP contribution is 2.30. The molecule has 0 radical (unpaired) electrons. The molecular weight excluding hydrogens is 344 g/mol. The van der Waals surface area contributed by atoms with Gasteiger partial charge in [-0.3, -0.25) is 9.36 Å². The molecule has 0 bridgehead atoms. The van der Waals surface area contributed by atoms with E-state index < -0.39 is 5.97 Å². The second kappa shape index (κ2) is 7.03. The molecule has 1 fully saturated rings. The third kappa shape index (κ3) is 3.31. The van der Waals surface area contributed by atoms with Gasteiger partial charge in [-0.2, -0.15) is 0 Å². The van der Waals surface area contributed by atoms with Crippen LogP contribution in [-0.4, -0.2) is 49.7 Å². The lowest BCUT2D eigenvalue weighted by Crippen LogP contribution is -2.28. The smallest absolute Gasteiger partial charge is 0.335 e. The highest BCUT2D eigenvalue weighted by Gasteiger charge is 2.30. The van der Waals surface area contributed by atoms with Gasteiger partial charge in [-0.15, -0.1) is 10.2 Å². The number of carbonyl (C=O) groups excluding carboxylic acids is 1. The zero-order valence-electron chi connectivity index (χ0n) is 14.5. The third-order valence-corrected chi connectivity index (χ3v) is 4.94. The van der Waals surface area contributed by atoms with Gasteiger partial charge in [0.05, 0.1) is 5.56 Å². The van der Waals surface area contributed by atoms with Gasteiger partial charge in [0.25, 0.3) is 5.91 Å². The molecule has 1 aliphatic heterocycles. The van der Waals surface area contributed by atoms with Crippen molar-refractivity contribution < 1.29 is 14.7 Å². The van der Waals surface area contributed by atoms with Crippen molar-refractivity contribution in [3.63, 3.8) is 0 Å². The summed E-state index contributed by atoms with van der Waals surface area (Å²) in [6.07, 6.45) is 3.96. The average Bonchev–Trinajstić information content (AvgIpc) is 3.40. The second-order valence-electron chi connectivity index (χ2n) is 6.55. The van der Waals surface area contributed by atoms with Gasteiger partial charge < -0.3 is 10.0 Å². The van der Waals surface area contributed by atoms with Gasteiger partial charge in [-0.05, 0) is 42.3 Å². The van der Waals surface area contributed by atoms with Gasteiger partial charge in [-0.25, -0.2) is 4.79 Å². The van der Waals surface area contributed by atoms with E-state index >= 15 is 0 Å². The molecule has 7 nitrogen and oxygen atoms in total. The fourth-order valence-corrected chi connectivity index (χ4v) is 3.54. The molecule has 4 rings (SSSR count). The minimum Gasteiger partial charge on any atom is -0.478 e. The van der Waals surface area contributed by atoms with Crippen molar-refractivity contribution in [2.24, 2.45) is 0 Å². The van der Waals surface area contributed by atoms with Crippen molar-refractivity contribution in [2.45, 2.75) is 12.3 Å². The van der Waals surface area contributed by atoms with E-state index in [0.29, 0.717) is 24.2 Å². The summed E-state index contributed by atoms with van der Waals surface area (Å²) >= 11 is 0. The summed E-state index contributed by atoms with van der Waals surface area (Å²) in [5.41, 5.74) is 2.60. The zero-order valence-corrected chi connectivity index (χ0v) is 14.5. The fourth-order valence-electron chi connectivity index (χ4n) is 3.54. The summed E-state index contributed by atoms with van der Waals surface area (Å²) in [4.78, 5) is 26.1. The molecule has 0 saturated carbocycles. The molecule has 1 aromatic heterocycles. The maximum absolute atomic E-state index is 12.8. The minimum atomic E-state index is -0.931. The normalized spacial score (nSPS) is 16.4. The monoisotopic (exact) mass is 362 g/mol. The van der Waals surface area contributed by atoms with E-state index in [4.69, 9.17) is 0 Å². The van der Waals surface area contributed by atoms with Crippen LogP contribution in [0.5, 0.6) is 0 Å². The summed E-state index contributed by atoms with van der Waals surface area (Å²) in [6, 6.07) is 14.3. The van der Waals surface area contributed by atoms with Crippen molar-refractivity contribution in [1.29, 1.82) is 0 Å². The van der Waals surface area contributed by atoms with Crippen molar-refractivity contribution in [3.8, 4) is 5.69 Å². The Morgan fingerprint density at radius 2 is 1.70 bits per heavy atom. The van der Waals surface area contributed by atoms with Crippen LogP contribution >= 0.6 is 0 Å². The maximum atomic E-state index is 12.8. The van der Waals surface area contributed by atoms with Crippen molar-refractivity contribution >= 4 is 11.9 Å². The largest absolute Gasteiger partial charge is 0.478 e. The van der Waals surface area contributed by atoms with Gasteiger partial charge in [-0.1, -0.05) is 18.2 Å². The molecular formula is C20H18N4O3. The Labute approximate surface area is 155 Å². The summed E-state index contributed by atoms with van der Waals surface area (Å²) in [5, 5.41) is 16.9. The van der Waals surface area contributed by atoms with E-state index in [1.54, 1.807) is 46.4 Å². The maximum Gasteiger partial charge on any atom is 0.335 e. The van der Waals surface area contributed by atoms with E-state index in [0.717, 1.165) is 17.7 Å². The third-order valence-electron chi connectivity index (χ3n) is 4.94. The SMILES string of the molecule is O=C(O)c1ccccc1C1CCN(C(=O)c2ccc(-n3cnnc3)cc2)C1. The number of amides is 1. The van der Waals surface area contributed by atoms with E-state index in [2.05, 4.69) is 10.2 Å². The highest BCUT2D eigenvalue weighted by atomic mass is 16.4. The van der Waals surface area contributed by atoms with E-state index in [-0.39, 0.29) is 11.8 Å². The predicted molar refractivity (Wildman–Crippen MR) is 98.0 cm³/mol. The molecule has 1 N–H and O–H groups in total. The molecule has 1 unspecified atom stereocenters. The number of hydrogen-bond acceptors (Lipinski definition) is 4. The fraction of sp³-hybridized carbons (Fsp3) is 0.200. The molecule has 2 heterocycles. The van der Waals surface area contributed by atoms with Gasteiger partial charge in [0.15, 0.2) is 0 Å². The molecule has 27 heavy (non-hydrogen) atoms. The number of hydrogen-bond donors (Lipinski definition) is 1. The van der Waals surface area contributed by atoms with Crippen LogP contribution in [0.4, 0.5) is 0 Å². The van der Waals surface area contributed by atoms with Crippen molar-refractivity contribution in [1.82, 2.24) is 19.7 Å². The quantitative estimate of drug-likeness (QED) is 0.771. The van der Waals surface area contributed by atoms with Crippen LogP contribution in [-0.2, 0) is 0 Å². The second-order valence-corrected chi connectivity index (χ2v) is 6.55. The van der Waals surface area contributed by atoms with Crippen LogP contribution in [0.25, 0.3) is 5.69 Å². The van der Waals surface area contributed by atoms with Crippen molar-refractivity contribution in [2.75, 3.05) is 13.1 Å². The van der Waals surface area contributed by atoms with E-state index in [9.17, 15) is 14.7 Å². The Bertz CT molecular complexity index is 967. The van der Waals surface area contributed by atoms with Crippen LogP contribution in [0.15, 0.2) is 61.2 Å². The van der Waals surface area contributed by atoms with E-state index in [1.807, 2.05) is 24.3 Å². The summed E-state index contributed by atoms with van der Waals surface area (Å²) in [5.74, 6) is -0.932. The minimum absolute atomic E-state index is 0.0394. The first-order valence-corrected chi connectivity index (χ1v) is 8.70. The molecule has 3 aromatic rings. The lowest BCUT2D eigenvalue weighted by Gasteiger charge is -2.18. The molecule has 7 heteroatoms. The van der Waals surface area contributed by atoms with Crippen LogP contribution in [0.3, 0.4) is 0 Å². The van der Waals surface area contributed by atoms with Crippen LogP contribution in [0.1, 0.15) is 38.6 Å². The molecule has 2 aromatic carbocycles. The zero-order chi connectivity index (χ0) is 18.8. The molecule has 0 aliphatic carbocycles. The van der Waals surface area contributed by atoms with E-state index in [1.165, 1.54) is 0 Å². The number of rotatable bonds is 4. The summed E-state index contributed by atoms with van der Waals surface area (Å²) in [7, 11) is 0. The number of carboxylic acids is 1. The first-order chi connectivity index (χ1) is 13.1. The lowest BCUT2D eigenvalue weighted by molar-refractivity contribution is 0.0695. The number of benzene rings is 2. The Morgan fingerprint density at radius 3 is 2.41 bits per heavy atom. The summed E-state index contributed by atoms with van der Waals surface area (Å²) < 4.78 is 1.77. The predicted octanol–water partition coefficient (Wildman–Crippen LogP) is 2.60. The summed E-state index contributed by atoms with van der Waals surface area (Å²) in [6.45, 7) is 1.14. The van der Waals surface area contributed by atoms with Crippen LogP contribution < -0.4 is 0 Å². The van der Waals surface area contributed by atoms with Crippen LogP contribution in [0.2, 0.25) is 0 Å². The van der Waals surface area contributed by atoms with Gasteiger partial charge >= 0.3 is 5.97 Å². The van der Waals surface area contributed by atoms with Gasteiger partial charge in [0.2, 0.25) is 0 Å². The number of carbonyl (C=O) groups is 2. The Balaban J connectivity index is 1.49. The van der Waals surface area contributed by atoms with Crippen molar-refractivity contribution in [3.05, 3.63) is 77.9 Å². The van der Waals surface area contributed by atoms with Gasteiger partial charge in [0.1, 0.15) is 12.7 Å². The Kier molecular flexibility index (Phi) is 4.42. The average molecular weight is 362 g/mol. The Morgan fingerprint density at radius 1 is 1.00 bits per heavy atom. The number of nitrogens with zero attached hydrogens (tertiary/aromatic N) is 4. The standard InChI is InChI=1S/C20H18N4O3/c25-19(14-5-7-16(8-6-14)24-12-21-22-13-24)23-10-9-15(11-23)17-3-1-2-4-18(17)20(26)27/h1-8,12-13,15H,9-11H2,(H,26,27). The molecule has 1 atom stereocenters. The lowest BCUT2D eigenvalue weighted by atomic mass is 9.93. The first-order valence-electron chi connectivity index (χ1n) is 8.70. The number of aromatic carboxylic acids is 1. The number of likely N-dealkylation sites (tertiary alicyclic amines) is 1. The molecule has 1 amide bonds. The molecule has 1 saturated heterocycles. The molecule has 0 spiro atoms. The number of aromatic nitrogens is 3. The Hall–Kier alpha value is -3.48. The first kappa shape index (κ1) is 17.0.